The van der Waals surface area contributed by atoms with E-state index in [-0.39, 0.29) is 0 Å². The summed E-state index contributed by atoms with van der Waals surface area (Å²) in [5.74, 6) is 0.879. The molecule has 0 amide bonds. The molecule has 1 aromatic heterocycles. The molecular formula is C16H12ClN3S2. The second-order valence-electron chi connectivity index (χ2n) is 4.40. The standard InChI is InChI=1S/C16H12ClN3S2/c17-14-9-5-4-8-13(14)10-18-15-19-20-16(22-15)21-11-12-6-2-1-3-7-12/h1-10H,11H2/b18-10+. The monoisotopic (exact) mass is 345 g/mol. The summed E-state index contributed by atoms with van der Waals surface area (Å²) in [5, 5.41) is 9.54. The Morgan fingerprint density at radius 3 is 2.64 bits per heavy atom. The molecule has 0 spiro atoms. The van der Waals surface area contributed by atoms with Crippen molar-refractivity contribution < 1.29 is 0 Å². The molecule has 0 aliphatic heterocycles. The van der Waals surface area contributed by atoms with Crippen molar-refractivity contribution in [3.8, 4) is 0 Å². The Bertz CT molecular complexity index is 772. The lowest BCUT2D eigenvalue weighted by molar-refractivity contribution is 1.01. The lowest BCUT2D eigenvalue weighted by Gasteiger charge is -1.96. The predicted molar refractivity (Wildman–Crippen MR) is 94.6 cm³/mol. The minimum absolute atomic E-state index is 0.635. The molecule has 6 heteroatoms. The predicted octanol–water partition coefficient (Wildman–Crippen LogP) is 5.23. The van der Waals surface area contributed by atoms with E-state index in [9.17, 15) is 0 Å². The summed E-state index contributed by atoms with van der Waals surface area (Å²) in [7, 11) is 0. The molecule has 22 heavy (non-hydrogen) atoms. The third kappa shape index (κ3) is 4.16. The van der Waals surface area contributed by atoms with Crippen LogP contribution in [0.3, 0.4) is 0 Å². The summed E-state index contributed by atoms with van der Waals surface area (Å²) in [6, 6.07) is 17.9. The summed E-state index contributed by atoms with van der Waals surface area (Å²) < 4.78 is 0.912. The smallest absolute Gasteiger partial charge is 0.226 e. The van der Waals surface area contributed by atoms with E-state index in [2.05, 4.69) is 27.3 Å². The first-order valence-corrected chi connectivity index (χ1v) is 8.78. The minimum atomic E-state index is 0.635. The van der Waals surface area contributed by atoms with Gasteiger partial charge in [-0.25, -0.2) is 4.99 Å². The number of halogens is 1. The molecule has 3 rings (SSSR count). The molecule has 0 atom stereocenters. The van der Waals surface area contributed by atoms with Gasteiger partial charge >= 0.3 is 0 Å². The Morgan fingerprint density at radius 2 is 1.82 bits per heavy atom. The van der Waals surface area contributed by atoms with Crippen LogP contribution < -0.4 is 0 Å². The number of hydrogen-bond acceptors (Lipinski definition) is 5. The summed E-state index contributed by atoms with van der Waals surface area (Å²) >= 11 is 9.23. The van der Waals surface area contributed by atoms with Gasteiger partial charge in [0, 0.05) is 22.6 Å². The SMILES string of the molecule is Clc1ccccc1/C=N/c1nnc(SCc2ccccc2)s1. The van der Waals surface area contributed by atoms with E-state index < -0.39 is 0 Å². The molecule has 2 aromatic carbocycles. The van der Waals surface area contributed by atoms with Gasteiger partial charge in [-0.3, -0.25) is 0 Å². The Morgan fingerprint density at radius 1 is 1.05 bits per heavy atom. The Kier molecular flexibility index (Phi) is 5.21. The zero-order chi connectivity index (χ0) is 15.2. The van der Waals surface area contributed by atoms with Crippen molar-refractivity contribution in [2.45, 2.75) is 10.1 Å². The van der Waals surface area contributed by atoms with Crippen LogP contribution in [0.15, 0.2) is 63.9 Å². The van der Waals surface area contributed by atoms with E-state index >= 15 is 0 Å². The third-order valence-electron chi connectivity index (χ3n) is 2.82. The number of aromatic nitrogens is 2. The maximum Gasteiger partial charge on any atom is 0.232 e. The van der Waals surface area contributed by atoms with Gasteiger partial charge in [0.15, 0.2) is 4.34 Å². The van der Waals surface area contributed by atoms with Crippen molar-refractivity contribution in [1.29, 1.82) is 0 Å². The highest BCUT2D eigenvalue weighted by atomic mass is 35.5. The second-order valence-corrected chi connectivity index (χ2v) is 6.99. The summed E-state index contributed by atoms with van der Waals surface area (Å²) in [6.45, 7) is 0. The highest BCUT2D eigenvalue weighted by molar-refractivity contribution is 8.00. The van der Waals surface area contributed by atoms with Crippen molar-refractivity contribution in [1.82, 2.24) is 10.2 Å². The number of nitrogens with zero attached hydrogens (tertiary/aromatic N) is 3. The van der Waals surface area contributed by atoms with Gasteiger partial charge in [0.25, 0.3) is 0 Å². The van der Waals surface area contributed by atoms with Gasteiger partial charge in [0.2, 0.25) is 5.13 Å². The molecule has 0 aliphatic rings. The van der Waals surface area contributed by atoms with E-state index in [1.54, 1.807) is 18.0 Å². The van der Waals surface area contributed by atoms with Crippen molar-refractivity contribution in [3.05, 3.63) is 70.7 Å². The third-order valence-corrected chi connectivity index (χ3v) is 5.20. The zero-order valence-corrected chi connectivity index (χ0v) is 13.9. The van der Waals surface area contributed by atoms with Crippen molar-refractivity contribution >= 4 is 46.0 Å². The van der Waals surface area contributed by atoms with Crippen LogP contribution in [0.5, 0.6) is 0 Å². The van der Waals surface area contributed by atoms with E-state index in [0.29, 0.717) is 10.2 Å². The summed E-state index contributed by atoms with van der Waals surface area (Å²) in [6.07, 6.45) is 1.72. The van der Waals surface area contributed by atoms with Gasteiger partial charge in [-0.15, -0.1) is 10.2 Å². The Hall–Kier alpha value is -1.69. The van der Waals surface area contributed by atoms with E-state index in [1.807, 2.05) is 42.5 Å². The highest BCUT2D eigenvalue weighted by Gasteiger charge is 2.04. The van der Waals surface area contributed by atoms with Crippen LogP contribution >= 0.6 is 34.7 Å². The molecule has 0 saturated carbocycles. The topological polar surface area (TPSA) is 38.1 Å². The zero-order valence-electron chi connectivity index (χ0n) is 11.5. The van der Waals surface area contributed by atoms with Gasteiger partial charge in [0.1, 0.15) is 0 Å². The van der Waals surface area contributed by atoms with Crippen LogP contribution in [0.1, 0.15) is 11.1 Å². The Balaban J connectivity index is 1.63. The molecule has 0 saturated heterocycles. The summed E-state index contributed by atoms with van der Waals surface area (Å²) in [5.41, 5.74) is 2.14. The first-order chi connectivity index (χ1) is 10.8. The fraction of sp³-hybridized carbons (Fsp3) is 0.0625. The normalized spacial score (nSPS) is 11.1. The second kappa shape index (κ2) is 7.54. The van der Waals surface area contributed by atoms with Gasteiger partial charge < -0.3 is 0 Å². The van der Waals surface area contributed by atoms with Crippen molar-refractivity contribution in [2.75, 3.05) is 0 Å². The number of benzene rings is 2. The maximum atomic E-state index is 6.09. The summed E-state index contributed by atoms with van der Waals surface area (Å²) in [4.78, 5) is 4.34. The van der Waals surface area contributed by atoms with E-state index in [0.717, 1.165) is 15.7 Å². The molecule has 1 heterocycles. The van der Waals surface area contributed by atoms with Crippen LogP contribution in [-0.2, 0) is 5.75 Å². The average Bonchev–Trinajstić information content (AvgIpc) is 3.01. The first kappa shape index (κ1) is 15.2. The molecule has 0 aliphatic carbocycles. The highest BCUT2D eigenvalue weighted by Crippen LogP contribution is 2.29. The van der Waals surface area contributed by atoms with E-state index in [1.165, 1.54) is 16.9 Å². The molecule has 0 N–H and O–H groups in total. The van der Waals surface area contributed by atoms with Crippen LogP contribution in [0.4, 0.5) is 5.13 Å². The van der Waals surface area contributed by atoms with Crippen LogP contribution in [-0.4, -0.2) is 16.4 Å². The lowest BCUT2D eigenvalue weighted by Crippen LogP contribution is -1.80. The first-order valence-electron chi connectivity index (χ1n) is 6.60. The van der Waals surface area contributed by atoms with Crippen molar-refractivity contribution in [2.24, 2.45) is 4.99 Å². The number of rotatable bonds is 5. The molecule has 0 fully saturated rings. The number of thioether (sulfide) groups is 1. The minimum Gasteiger partial charge on any atom is -0.226 e. The molecular weight excluding hydrogens is 334 g/mol. The molecule has 0 unspecified atom stereocenters. The van der Waals surface area contributed by atoms with Gasteiger partial charge in [-0.1, -0.05) is 83.2 Å². The number of hydrogen-bond donors (Lipinski definition) is 0. The fourth-order valence-corrected chi connectivity index (χ4v) is 3.56. The van der Waals surface area contributed by atoms with Gasteiger partial charge in [-0.05, 0) is 11.6 Å². The molecule has 0 bridgehead atoms. The Labute approximate surface area is 142 Å². The lowest BCUT2D eigenvalue weighted by atomic mass is 10.2. The van der Waals surface area contributed by atoms with Crippen molar-refractivity contribution in [3.63, 3.8) is 0 Å². The average molecular weight is 346 g/mol. The largest absolute Gasteiger partial charge is 0.232 e. The number of aliphatic imine (C=N–C) groups is 1. The quantitative estimate of drug-likeness (QED) is 0.469. The van der Waals surface area contributed by atoms with Crippen LogP contribution in [0.2, 0.25) is 5.02 Å². The van der Waals surface area contributed by atoms with Crippen LogP contribution in [0.25, 0.3) is 0 Å². The molecule has 3 aromatic rings. The van der Waals surface area contributed by atoms with E-state index in [4.69, 9.17) is 11.6 Å². The molecule has 3 nitrogen and oxygen atoms in total. The van der Waals surface area contributed by atoms with Gasteiger partial charge in [-0.2, -0.15) is 0 Å². The van der Waals surface area contributed by atoms with Gasteiger partial charge in [0.05, 0.1) is 0 Å². The fourth-order valence-electron chi connectivity index (χ4n) is 1.74. The van der Waals surface area contributed by atoms with Crippen LogP contribution in [0, 0.1) is 0 Å². The molecule has 110 valence electrons. The maximum absolute atomic E-state index is 6.09. The molecule has 0 radical (unpaired) electrons.